The molecule has 0 aromatic heterocycles. The van der Waals surface area contributed by atoms with Crippen LogP contribution in [0.25, 0.3) is 0 Å². The van der Waals surface area contributed by atoms with Gasteiger partial charge in [0.25, 0.3) is 15.8 Å². The molecular weight excluding hydrogens is 398 g/mol. The van der Waals surface area contributed by atoms with Crippen LogP contribution in [0.15, 0.2) is 29.2 Å². The molecule has 0 N–H and O–H groups in total. The predicted molar refractivity (Wildman–Crippen MR) is 92.7 cm³/mol. The molecule has 0 aliphatic rings. The van der Waals surface area contributed by atoms with E-state index in [0.29, 0.717) is 0 Å². The zero-order chi connectivity index (χ0) is 21.3. The Morgan fingerprint density at radius 1 is 1.04 bits per heavy atom. The summed E-state index contributed by atoms with van der Waals surface area (Å²) in [5.74, 6) is -2.79. The highest BCUT2D eigenvalue weighted by Crippen LogP contribution is 2.20. The molecule has 0 amide bonds. The van der Waals surface area contributed by atoms with Gasteiger partial charge in [-0.1, -0.05) is 0 Å². The van der Waals surface area contributed by atoms with E-state index in [1.54, 1.807) is 0 Å². The van der Waals surface area contributed by atoms with Gasteiger partial charge in [-0.25, -0.2) is 0 Å². The number of rotatable bonds is 11. The minimum atomic E-state index is -4.56. The molecule has 1 unspecified atom stereocenters. The Bertz CT molecular complexity index is 831. The second-order valence-electron chi connectivity index (χ2n) is 5.25. The summed E-state index contributed by atoms with van der Waals surface area (Å²) < 4.78 is 38.9. The first-order valence-electron chi connectivity index (χ1n) is 8.12. The molecule has 11 nitrogen and oxygen atoms in total. The summed E-state index contributed by atoms with van der Waals surface area (Å²) in [6.45, 7) is 3.04. The van der Waals surface area contributed by atoms with Gasteiger partial charge >= 0.3 is 11.9 Å². The lowest BCUT2D eigenvalue weighted by molar-refractivity contribution is -0.384. The number of esters is 2. The highest BCUT2D eigenvalue weighted by molar-refractivity contribution is 7.86. The fourth-order valence-corrected chi connectivity index (χ4v) is 3.05. The van der Waals surface area contributed by atoms with Gasteiger partial charge in [-0.3, -0.25) is 28.7 Å². The van der Waals surface area contributed by atoms with Gasteiger partial charge in [0.05, 0.1) is 29.5 Å². The molecule has 1 atom stereocenters. The molecule has 28 heavy (non-hydrogen) atoms. The third kappa shape index (κ3) is 7.04. The Hall–Kier alpha value is -2.86. The van der Waals surface area contributed by atoms with E-state index in [1.807, 2.05) is 0 Å². The highest BCUT2D eigenvalue weighted by Gasteiger charge is 2.31. The fraction of sp³-hybridized carbons (Fsp3) is 0.438. The molecule has 0 aliphatic carbocycles. The van der Waals surface area contributed by atoms with Gasteiger partial charge in [0.15, 0.2) is 5.78 Å². The molecule has 0 fully saturated rings. The number of benzene rings is 1. The quantitative estimate of drug-likeness (QED) is 0.168. The number of Topliss-reactive ketones (excluding diaryl/α,β-unsaturated/α-hetero) is 1. The fourth-order valence-electron chi connectivity index (χ4n) is 1.98. The smallest absolute Gasteiger partial charge is 0.313 e. The molecule has 1 aromatic rings. The zero-order valence-electron chi connectivity index (χ0n) is 15.2. The standard InChI is InChI=1S/C16H19NO10S/c1-3-25-15(19)9-13(18)14(10-16(20)26-4-2)27-28(23,24)12-7-5-11(6-8-12)17(21)22/h5-8,14H,3-4,9-10H2,1-2H3. The van der Waals surface area contributed by atoms with E-state index in [0.717, 1.165) is 24.3 Å². The molecule has 154 valence electrons. The number of carbonyl (C=O) groups is 3. The second-order valence-corrected chi connectivity index (χ2v) is 6.82. The highest BCUT2D eigenvalue weighted by atomic mass is 32.2. The number of nitro groups is 1. The molecule has 0 bridgehead atoms. The molecule has 0 aliphatic heterocycles. The SMILES string of the molecule is CCOC(=O)CC(=O)C(CC(=O)OCC)OS(=O)(=O)c1ccc([N+](=O)[O-])cc1. The average molecular weight is 417 g/mol. The number of carbonyl (C=O) groups excluding carboxylic acids is 3. The molecular formula is C16H19NO10S. The molecule has 1 aromatic carbocycles. The molecule has 0 heterocycles. The number of nitro benzene ring substituents is 1. The van der Waals surface area contributed by atoms with Crippen LogP contribution in [-0.2, 0) is 38.2 Å². The van der Waals surface area contributed by atoms with Gasteiger partial charge in [0, 0.05) is 12.1 Å². The summed E-state index contributed by atoms with van der Waals surface area (Å²) in [4.78, 5) is 44.9. The van der Waals surface area contributed by atoms with Crippen LogP contribution in [-0.4, -0.2) is 50.4 Å². The Kier molecular flexibility index (Phi) is 8.67. The third-order valence-corrected chi connectivity index (χ3v) is 4.55. The van der Waals surface area contributed by atoms with Crippen molar-refractivity contribution in [2.45, 2.75) is 37.7 Å². The predicted octanol–water partition coefficient (Wildman–Crippen LogP) is 1.14. The van der Waals surface area contributed by atoms with Gasteiger partial charge < -0.3 is 9.47 Å². The van der Waals surface area contributed by atoms with E-state index in [9.17, 15) is 32.9 Å². The molecule has 1 rings (SSSR count). The van der Waals surface area contributed by atoms with Gasteiger partial charge in [-0.2, -0.15) is 8.42 Å². The van der Waals surface area contributed by atoms with E-state index < -0.39 is 56.6 Å². The maximum absolute atomic E-state index is 12.4. The van der Waals surface area contributed by atoms with E-state index in [1.165, 1.54) is 13.8 Å². The number of nitrogens with zero attached hydrogens (tertiary/aromatic N) is 1. The van der Waals surface area contributed by atoms with Crippen molar-refractivity contribution in [2.24, 2.45) is 0 Å². The summed E-state index contributed by atoms with van der Waals surface area (Å²) in [7, 11) is -4.56. The largest absolute Gasteiger partial charge is 0.466 e. The Labute approximate surface area is 160 Å². The van der Waals surface area contributed by atoms with E-state index >= 15 is 0 Å². The van der Waals surface area contributed by atoms with Crippen molar-refractivity contribution in [3.05, 3.63) is 34.4 Å². The topological polar surface area (TPSA) is 156 Å². The van der Waals surface area contributed by atoms with Crippen LogP contribution < -0.4 is 0 Å². The van der Waals surface area contributed by atoms with Crippen molar-refractivity contribution in [1.82, 2.24) is 0 Å². The first-order valence-corrected chi connectivity index (χ1v) is 9.53. The molecule has 0 spiro atoms. The molecule has 12 heteroatoms. The van der Waals surface area contributed by atoms with Crippen LogP contribution in [0.1, 0.15) is 26.7 Å². The molecule has 0 saturated heterocycles. The van der Waals surface area contributed by atoms with Crippen LogP contribution in [0.2, 0.25) is 0 Å². The first kappa shape index (κ1) is 23.2. The van der Waals surface area contributed by atoms with E-state index in [4.69, 9.17) is 4.18 Å². The number of non-ortho nitro benzene ring substituents is 1. The van der Waals surface area contributed by atoms with Crippen molar-refractivity contribution >= 4 is 33.5 Å². The summed E-state index contributed by atoms with van der Waals surface area (Å²) in [6.07, 6.45) is -3.35. The lowest BCUT2D eigenvalue weighted by Crippen LogP contribution is -2.32. The maximum atomic E-state index is 12.4. The summed E-state index contributed by atoms with van der Waals surface area (Å²) in [5.41, 5.74) is -0.347. The van der Waals surface area contributed by atoms with Crippen molar-refractivity contribution in [1.29, 1.82) is 0 Å². The zero-order valence-corrected chi connectivity index (χ0v) is 16.0. The third-order valence-electron chi connectivity index (χ3n) is 3.22. The van der Waals surface area contributed by atoms with Crippen molar-refractivity contribution in [3.8, 4) is 0 Å². The normalized spacial score (nSPS) is 12.1. The van der Waals surface area contributed by atoms with Crippen LogP contribution in [0.5, 0.6) is 0 Å². The monoisotopic (exact) mass is 417 g/mol. The Balaban J connectivity index is 3.04. The number of ketones is 1. The van der Waals surface area contributed by atoms with Gasteiger partial charge in [-0.05, 0) is 26.0 Å². The second kappa shape index (κ2) is 10.5. The summed E-state index contributed by atoms with van der Waals surface area (Å²) in [6, 6.07) is 3.73. The number of ether oxygens (including phenoxy) is 2. The van der Waals surface area contributed by atoms with Crippen LogP contribution >= 0.6 is 0 Å². The Morgan fingerprint density at radius 2 is 1.57 bits per heavy atom. The van der Waals surface area contributed by atoms with Crippen molar-refractivity contribution < 1.29 is 41.4 Å². The van der Waals surface area contributed by atoms with Crippen molar-refractivity contribution in [2.75, 3.05) is 13.2 Å². The lowest BCUT2D eigenvalue weighted by atomic mass is 10.1. The minimum absolute atomic E-state index is 0.00722. The van der Waals surface area contributed by atoms with Crippen LogP contribution in [0.4, 0.5) is 5.69 Å². The molecule has 0 saturated carbocycles. The molecule has 0 radical (unpaired) electrons. The Morgan fingerprint density at radius 3 is 2.07 bits per heavy atom. The van der Waals surface area contributed by atoms with Crippen molar-refractivity contribution in [3.63, 3.8) is 0 Å². The van der Waals surface area contributed by atoms with Crippen LogP contribution in [0, 0.1) is 10.1 Å². The summed E-state index contributed by atoms with van der Waals surface area (Å²) in [5, 5.41) is 10.7. The van der Waals surface area contributed by atoms with Gasteiger partial charge in [0.2, 0.25) is 0 Å². The van der Waals surface area contributed by atoms with Gasteiger partial charge in [-0.15, -0.1) is 0 Å². The number of hydrogen-bond donors (Lipinski definition) is 0. The number of hydrogen-bond acceptors (Lipinski definition) is 10. The van der Waals surface area contributed by atoms with Crippen LogP contribution in [0.3, 0.4) is 0 Å². The average Bonchev–Trinajstić information content (AvgIpc) is 2.61. The first-order chi connectivity index (χ1) is 13.1. The maximum Gasteiger partial charge on any atom is 0.313 e. The van der Waals surface area contributed by atoms with Gasteiger partial charge in [0.1, 0.15) is 12.5 Å². The lowest BCUT2D eigenvalue weighted by Gasteiger charge is -2.15. The van der Waals surface area contributed by atoms with E-state index in [-0.39, 0.29) is 18.9 Å². The summed E-state index contributed by atoms with van der Waals surface area (Å²) >= 11 is 0. The minimum Gasteiger partial charge on any atom is -0.466 e. The van der Waals surface area contributed by atoms with E-state index in [2.05, 4.69) is 9.47 Å².